The van der Waals surface area contributed by atoms with Crippen LogP contribution in [0.15, 0.2) is 36.4 Å². The van der Waals surface area contributed by atoms with Gasteiger partial charge in [0.2, 0.25) is 0 Å². The molecular weight excluding hydrogens is 274 g/mol. The molecule has 0 aromatic heterocycles. The highest BCUT2D eigenvalue weighted by Gasteiger charge is 2.15. The highest BCUT2D eigenvalue weighted by atomic mass is 35.5. The van der Waals surface area contributed by atoms with Gasteiger partial charge in [-0.1, -0.05) is 35.3 Å². The third-order valence-corrected chi connectivity index (χ3v) is 3.36. The molecule has 0 fully saturated rings. The predicted octanol–water partition coefficient (Wildman–Crippen LogP) is 4.67. The summed E-state index contributed by atoms with van der Waals surface area (Å²) in [4.78, 5) is 12.1. The number of halogens is 3. The molecule has 0 unspecified atom stereocenters. The Hall–Kier alpha value is -1.38. The van der Waals surface area contributed by atoms with Gasteiger partial charge in [-0.3, -0.25) is 4.79 Å². The van der Waals surface area contributed by atoms with Gasteiger partial charge in [0.05, 0.1) is 15.6 Å². The Kier molecular flexibility index (Phi) is 3.69. The zero-order valence-electron chi connectivity index (χ0n) is 9.51. The Bertz CT molecular complexity index is 623. The molecular formula is C14H9Cl2FO. The first-order valence-electron chi connectivity index (χ1n) is 5.25. The first kappa shape index (κ1) is 13.1. The number of hydrogen-bond donors (Lipinski definition) is 0. The van der Waals surface area contributed by atoms with E-state index in [4.69, 9.17) is 23.2 Å². The van der Waals surface area contributed by atoms with Gasteiger partial charge in [-0.15, -0.1) is 0 Å². The third kappa shape index (κ3) is 2.40. The van der Waals surface area contributed by atoms with E-state index < -0.39 is 11.6 Å². The number of hydrogen-bond acceptors (Lipinski definition) is 1. The van der Waals surface area contributed by atoms with Crippen LogP contribution >= 0.6 is 23.2 Å². The standard InChI is InChI=1S/C14H9Cl2FO/c1-8-3-2-4-10(13(8)17)14(18)9-5-6-11(15)12(16)7-9/h2-7H,1H3. The van der Waals surface area contributed by atoms with Gasteiger partial charge in [0.15, 0.2) is 5.78 Å². The molecule has 0 saturated carbocycles. The molecule has 0 aliphatic heterocycles. The van der Waals surface area contributed by atoms with Crippen LogP contribution in [0.2, 0.25) is 10.0 Å². The van der Waals surface area contributed by atoms with Crippen molar-refractivity contribution < 1.29 is 9.18 Å². The van der Waals surface area contributed by atoms with Crippen molar-refractivity contribution in [3.05, 3.63) is 69.0 Å². The van der Waals surface area contributed by atoms with Crippen molar-refractivity contribution in [1.29, 1.82) is 0 Å². The summed E-state index contributed by atoms with van der Waals surface area (Å²) in [6.07, 6.45) is 0. The van der Waals surface area contributed by atoms with Crippen LogP contribution in [0.1, 0.15) is 21.5 Å². The van der Waals surface area contributed by atoms with Crippen LogP contribution in [0.4, 0.5) is 4.39 Å². The Morgan fingerprint density at radius 2 is 1.83 bits per heavy atom. The maximum Gasteiger partial charge on any atom is 0.196 e. The second-order valence-electron chi connectivity index (χ2n) is 3.89. The van der Waals surface area contributed by atoms with E-state index in [0.717, 1.165) is 0 Å². The third-order valence-electron chi connectivity index (χ3n) is 2.62. The van der Waals surface area contributed by atoms with Gasteiger partial charge in [0.25, 0.3) is 0 Å². The predicted molar refractivity (Wildman–Crippen MR) is 71.0 cm³/mol. The van der Waals surface area contributed by atoms with E-state index in [2.05, 4.69) is 0 Å². The van der Waals surface area contributed by atoms with Crippen LogP contribution in [0.5, 0.6) is 0 Å². The van der Waals surface area contributed by atoms with Gasteiger partial charge >= 0.3 is 0 Å². The smallest absolute Gasteiger partial charge is 0.196 e. The number of carbonyl (C=O) groups is 1. The van der Waals surface area contributed by atoms with Crippen LogP contribution in [0, 0.1) is 12.7 Å². The normalized spacial score (nSPS) is 10.4. The van der Waals surface area contributed by atoms with Gasteiger partial charge in [0, 0.05) is 5.56 Å². The minimum absolute atomic E-state index is 0.0355. The summed E-state index contributed by atoms with van der Waals surface area (Å²) < 4.78 is 13.8. The number of ketones is 1. The highest BCUT2D eigenvalue weighted by molar-refractivity contribution is 6.42. The number of carbonyl (C=O) groups excluding carboxylic acids is 1. The maximum atomic E-state index is 13.8. The van der Waals surface area contributed by atoms with Gasteiger partial charge in [-0.2, -0.15) is 0 Å². The maximum absolute atomic E-state index is 13.8. The SMILES string of the molecule is Cc1cccc(C(=O)c2ccc(Cl)c(Cl)c2)c1F. The molecule has 0 amide bonds. The van der Waals surface area contributed by atoms with Gasteiger partial charge in [-0.25, -0.2) is 4.39 Å². The quantitative estimate of drug-likeness (QED) is 0.732. The van der Waals surface area contributed by atoms with E-state index in [0.29, 0.717) is 16.1 Å². The van der Waals surface area contributed by atoms with Crippen molar-refractivity contribution >= 4 is 29.0 Å². The lowest BCUT2D eigenvalue weighted by Gasteiger charge is -2.05. The summed E-state index contributed by atoms with van der Waals surface area (Å²) in [7, 11) is 0. The lowest BCUT2D eigenvalue weighted by Crippen LogP contribution is -2.05. The minimum atomic E-state index is -0.506. The number of aryl methyl sites for hydroxylation is 1. The van der Waals surface area contributed by atoms with Crippen molar-refractivity contribution in [2.45, 2.75) is 6.92 Å². The second-order valence-corrected chi connectivity index (χ2v) is 4.71. The first-order valence-corrected chi connectivity index (χ1v) is 6.01. The van der Waals surface area contributed by atoms with Crippen molar-refractivity contribution in [1.82, 2.24) is 0 Å². The minimum Gasteiger partial charge on any atom is -0.288 e. The summed E-state index contributed by atoms with van der Waals surface area (Å²) in [5, 5.41) is 0.633. The molecule has 0 heterocycles. The molecule has 0 atom stereocenters. The van der Waals surface area contributed by atoms with Gasteiger partial charge in [0.1, 0.15) is 5.82 Å². The van der Waals surface area contributed by atoms with E-state index in [9.17, 15) is 9.18 Å². The van der Waals surface area contributed by atoms with E-state index in [1.165, 1.54) is 24.3 Å². The molecule has 2 aromatic carbocycles. The molecule has 4 heteroatoms. The van der Waals surface area contributed by atoms with Crippen molar-refractivity contribution in [3.8, 4) is 0 Å². The summed E-state index contributed by atoms with van der Waals surface area (Å²) in [6, 6.07) is 9.19. The zero-order chi connectivity index (χ0) is 13.3. The second kappa shape index (κ2) is 5.09. The Morgan fingerprint density at radius 3 is 2.50 bits per heavy atom. The van der Waals surface area contributed by atoms with E-state index in [1.54, 1.807) is 19.1 Å². The molecule has 0 spiro atoms. The molecule has 18 heavy (non-hydrogen) atoms. The van der Waals surface area contributed by atoms with Crippen LogP contribution in [-0.4, -0.2) is 5.78 Å². The van der Waals surface area contributed by atoms with E-state index >= 15 is 0 Å². The molecule has 0 aliphatic carbocycles. The van der Waals surface area contributed by atoms with Crippen molar-refractivity contribution in [2.24, 2.45) is 0 Å². The first-order chi connectivity index (χ1) is 8.50. The van der Waals surface area contributed by atoms with E-state index in [1.807, 2.05) is 0 Å². The van der Waals surface area contributed by atoms with Crippen LogP contribution in [0.3, 0.4) is 0 Å². The summed E-state index contributed by atoms with van der Waals surface area (Å²) in [6.45, 7) is 1.61. The fraction of sp³-hybridized carbons (Fsp3) is 0.0714. The fourth-order valence-corrected chi connectivity index (χ4v) is 1.91. The van der Waals surface area contributed by atoms with Gasteiger partial charge in [-0.05, 0) is 36.8 Å². The molecule has 2 rings (SSSR count). The Labute approximate surface area is 114 Å². The largest absolute Gasteiger partial charge is 0.288 e. The number of benzene rings is 2. The molecule has 0 aliphatic rings. The lowest BCUT2D eigenvalue weighted by atomic mass is 10.0. The molecule has 0 radical (unpaired) electrons. The molecule has 1 nitrogen and oxygen atoms in total. The van der Waals surface area contributed by atoms with Crippen LogP contribution in [0.25, 0.3) is 0 Å². The summed E-state index contributed by atoms with van der Waals surface area (Å²) in [5.41, 5.74) is 0.781. The topological polar surface area (TPSA) is 17.1 Å². The molecule has 2 aromatic rings. The monoisotopic (exact) mass is 282 g/mol. The highest BCUT2D eigenvalue weighted by Crippen LogP contribution is 2.24. The van der Waals surface area contributed by atoms with Crippen LogP contribution < -0.4 is 0 Å². The zero-order valence-corrected chi connectivity index (χ0v) is 11.0. The van der Waals surface area contributed by atoms with Crippen LogP contribution in [-0.2, 0) is 0 Å². The van der Waals surface area contributed by atoms with Crippen molar-refractivity contribution in [3.63, 3.8) is 0 Å². The molecule has 0 N–H and O–H groups in total. The molecule has 92 valence electrons. The molecule has 0 saturated heterocycles. The Balaban J connectivity index is 2.48. The van der Waals surface area contributed by atoms with Gasteiger partial charge < -0.3 is 0 Å². The summed E-state index contributed by atoms with van der Waals surface area (Å²) in [5.74, 6) is -0.914. The Morgan fingerprint density at radius 1 is 1.11 bits per heavy atom. The average molecular weight is 283 g/mol. The average Bonchev–Trinajstić information content (AvgIpc) is 2.35. The molecule has 0 bridgehead atoms. The fourth-order valence-electron chi connectivity index (χ4n) is 1.62. The van der Waals surface area contributed by atoms with Crippen molar-refractivity contribution in [2.75, 3.05) is 0 Å². The number of rotatable bonds is 2. The van der Waals surface area contributed by atoms with E-state index in [-0.39, 0.29) is 10.6 Å². The summed E-state index contributed by atoms with van der Waals surface area (Å²) >= 11 is 11.6. The lowest BCUT2D eigenvalue weighted by molar-refractivity contribution is 0.103.